The highest BCUT2D eigenvalue weighted by atomic mass is 79.9. The Morgan fingerprint density at radius 3 is 2.31 bits per heavy atom. The molecule has 4 aromatic rings. The van der Waals surface area contributed by atoms with Crippen LogP contribution in [0.5, 0.6) is 0 Å². The van der Waals surface area contributed by atoms with Gasteiger partial charge in [-0.1, -0.05) is 42.0 Å². The van der Waals surface area contributed by atoms with Crippen molar-refractivity contribution < 1.29 is 17.9 Å². The van der Waals surface area contributed by atoms with Crippen LogP contribution >= 0.6 is 15.9 Å². The Kier molecular flexibility index (Phi) is 6.83. The summed E-state index contributed by atoms with van der Waals surface area (Å²) < 4.78 is 33.7. The number of ether oxygens (including phenoxy) is 1. The fourth-order valence-corrected chi connectivity index (χ4v) is 6.02. The number of fused-ring (bicyclic) bond motifs is 1. The zero-order valence-electron chi connectivity index (χ0n) is 19.9. The van der Waals surface area contributed by atoms with Crippen molar-refractivity contribution in [3.63, 3.8) is 0 Å². The molecule has 2 aromatic heterocycles. The minimum atomic E-state index is -3.87. The van der Waals surface area contributed by atoms with E-state index in [0.29, 0.717) is 28.5 Å². The van der Waals surface area contributed by atoms with Crippen molar-refractivity contribution in [2.45, 2.75) is 51.0 Å². The van der Waals surface area contributed by atoms with Crippen molar-refractivity contribution in [3.8, 4) is 11.3 Å². The van der Waals surface area contributed by atoms with E-state index >= 15 is 0 Å². The molecule has 0 saturated heterocycles. The highest BCUT2D eigenvalue weighted by Crippen LogP contribution is 2.33. The Morgan fingerprint density at radius 1 is 1.03 bits per heavy atom. The van der Waals surface area contributed by atoms with Gasteiger partial charge >= 0.3 is 5.97 Å². The van der Waals surface area contributed by atoms with Gasteiger partial charge in [0.05, 0.1) is 10.6 Å². The number of hydrogen-bond donors (Lipinski definition) is 0. The van der Waals surface area contributed by atoms with Gasteiger partial charge in [0, 0.05) is 17.4 Å². The first-order chi connectivity index (χ1) is 16.5. The molecule has 0 spiro atoms. The lowest BCUT2D eigenvalue weighted by atomic mass is 10.0. The van der Waals surface area contributed by atoms with Gasteiger partial charge in [-0.05, 0) is 73.8 Å². The number of halogens is 1. The predicted molar refractivity (Wildman–Crippen MR) is 139 cm³/mol. The molecule has 7 nitrogen and oxygen atoms in total. The third-order valence-corrected chi connectivity index (χ3v) is 7.87. The number of nitrogens with zero attached hydrogens (tertiary/aromatic N) is 3. The second-order valence-corrected chi connectivity index (χ2v) is 11.9. The minimum absolute atomic E-state index is 0.177. The molecule has 0 radical (unpaired) electrons. The van der Waals surface area contributed by atoms with Crippen LogP contribution in [-0.2, 0) is 26.0 Å². The molecule has 0 unspecified atom stereocenters. The van der Waals surface area contributed by atoms with Gasteiger partial charge in [0.25, 0.3) is 10.0 Å². The summed E-state index contributed by atoms with van der Waals surface area (Å²) in [6.07, 6.45) is 2.22. The molecule has 2 heterocycles. The Hall–Kier alpha value is -3.04. The second kappa shape index (κ2) is 9.54. The van der Waals surface area contributed by atoms with Crippen LogP contribution in [0.4, 0.5) is 0 Å². The van der Waals surface area contributed by atoms with Crippen LogP contribution < -0.4 is 0 Å². The monoisotopic (exact) mass is 555 g/mol. The summed E-state index contributed by atoms with van der Waals surface area (Å²) in [4.78, 5) is 20.9. The van der Waals surface area contributed by atoms with Crippen LogP contribution in [0.1, 0.15) is 38.3 Å². The van der Waals surface area contributed by atoms with Crippen LogP contribution in [0.15, 0.2) is 70.4 Å². The van der Waals surface area contributed by atoms with E-state index in [4.69, 9.17) is 4.74 Å². The minimum Gasteiger partial charge on any atom is -0.460 e. The predicted octanol–water partition coefficient (Wildman–Crippen LogP) is 5.68. The molecule has 35 heavy (non-hydrogen) atoms. The molecule has 0 aliphatic rings. The molecule has 182 valence electrons. The molecular formula is C26H26BrN3O4S. The Bertz CT molecular complexity index is 1490. The lowest BCUT2D eigenvalue weighted by Crippen LogP contribution is -2.23. The van der Waals surface area contributed by atoms with Crippen molar-refractivity contribution in [2.75, 3.05) is 0 Å². The number of aromatic nitrogens is 3. The summed E-state index contributed by atoms with van der Waals surface area (Å²) in [5, 5.41) is 0.608. The highest BCUT2D eigenvalue weighted by Gasteiger charge is 2.25. The summed E-state index contributed by atoms with van der Waals surface area (Å²) >= 11 is 3.40. The van der Waals surface area contributed by atoms with Crippen molar-refractivity contribution in [1.82, 2.24) is 13.9 Å². The number of benzene rings is 2. The van der Waals surface area contributed by atoms with Gasteiger partial charge in [0.1, 0.15) is 16.5 Å². The number of carbonyl (C=O) groups excluding carboxylic acids is 1. The van der Waals surface area contributed by atoms with Gasteiger partial charge in [-0.2, -0.15) is 0 Å². The standard InChI is InChI=1S/C26H26BrN3O4S/c1-17-5-12-20(13-6-17)35(32,33)30-22(27)15-21-24(28-16-29-25(21)30)19-10-7-18(8-11-19)9-14-23(31)34-26(2,3)4/h5-8,10-13,15-16H,9,14H2,1-4H3. The summed E-state index contributed by atoms with van der Waals surface area (Å²) in [5.41, 5.74) is 3.18. The van der Waals surface area contributed by atoms with Crippen LogP contribution in [0.25, 0.3) is 22.3 Å². The van der Waals surface area contributed by atoms with Crippen molar-refractivity contribution in [1.29, 1.82) is 0 Å². The number of aryl methyl sites for hydroxylation is 2. The summed E-state index contributed by atoms with van der Waals surface area (Å²) in [6, 6.07) is 16.1. The molecule has 0 amide bonds. The number of hydrogen-bond acceptors (Lipinski definition) is 6. The summed E-state index contributed by atoms with van der Waals surface area (Å²) in [7, 11) is -3.87. The maximum absolute atomic E-state index is 13.4. The highest BCUT2D eigenvalue weighted by molar-refractivity contribution is 9.10. The molecule has 0 aliphatic heterocycles. The molecule has 2 aromatic carbocycles. The molecule has 0 saturated carbocycles. The normalized spacial score (nSPS) is 12.1. The van der Waals surface area contributed by atoms with Gasteiger partial charge in [-0.3, -0.25) is 4.79 Å². The van der Waals surface area contributed by atoms with E-state index < -0.39 is 15.6 Å². The van der Waals surface area contributed by atoms with Crippen LogP contribution in [0.2, 0.25) is 0 Å². The van der Waals surface area contributed by atoms with E-state index in [2.05, 4.69) is 25.9 Å². The van der Waals surface area contributed by atoms with E-state index in [-0.39, 0.29) is 16.5 Å². The molecule has 0 N–H and O–H groups in total. The topological polar surface area (TPSA) is 91.2 Å². The van der Waals surface area contributed by atoms with Gasteiger partial charge in [0.15, 0.2) is 5.65 Å². The van der Waals surface area contributed by atoms with E-state index in [9.17, 15) is 13.2 Å². The zero-order chi connectivity index (χ0) is 25.4. The average Bonchev–Trinajstić information content (AvgIpc) is 3.14. The SMILES string of the molecule is Cc1ccc(S(=O)(=O)n2c(Br)cc3c(-c4ccc(CCC(=O)OC(C)(C)C)cc4)ncnc32)cc1. The number of esters is 1. The first-order valence-corrected chi connectivity index (χ1v) is 13.3. The lowest BCUT2D eigenvalue weighted by molar-refractivity contribution is -0.154. The second-order valence-electron chi connectivity index (χ2n) is 9.29. The average molecular weight is 556 g/mol. The summed E-state index contributed by atoms with van der Waals surface area (Å²) in [6.45, 7) is 7.44. The van der Waals surface area contributed by atoms with Gasteiger partial charge in [-0.25, -0.2) is 22.4 Å². The lowest BCUT2D eigenvalue weighted by Gasteiger charge is -2.19. The zero-order valence-corrected chi connectivity index (χ0v) is 22.4. The van der Waals surface area contributed by atoms with Crippen molar-refractivity contribution in [3.05, 3.63) is 76.7 Å². The van der Waals surface area contributed by atoms with Gasteiger partial charge in [-0.15, -0.1) is 0 Å². The molecule has 0 aliphatic carbocycles. The fourth-order valence-electron chi connectivity index (χ4n) is 3.70. The van der Waals surface area contributed by atoms with E-state index in [1.165, 1.54) is 10.3 Å². The van der Waals surface area contributed by atoms with Crippen LogP contribution in [0, 0.1) is 6.92 Å². The Morgan fingerprint density at radius 2 is 1.69 bits per heavy atom. The smallest absolute Gasteiger partial charge is 0.306 e. The van der Waals surface area contributed by atoms with E-state index in [0.717, 1.165) is 16.7 Å². The Balaban J connectivity index is 1.64. The Labute approximate surface area is 213 Å². The summed E-state index contributed by atoms with van der Waals surface area (Å²) in [5.74, 6) is -0.236. The molecule has 4 rings (SSSR count). The van der Waals surface area contributed by atoms with E-state index in [1.807, 2.05) is 52.0 Å². The maximum atomic E-state index is 13.4. The third-order valence-electron chi connectivity index (χ3n) is 5.34. The third kappa shape index (κ3) is 5.46. The molecule has 9 heteroatoms. The maximum Gasteiger partial charge on any atom is 0.306 e. The first kappa shape index (κ1) is 25.1. The van der Waals surface area contributed by atoms with Crippen LogP contribution in [0.3, 0.4) is 0 Å². The molecule has 0 atom stereocenters. The molecular weight excluding hydrogens is 530 g/mol. The number of carbonyl (C=O) groups is 1. The van der Waals surface area contributed by atoms with Crippen molar-refractivity contribution >= 4 is 43.0 Å². The largest absolute Gasteiger partial charge is 0.460 e. The van der Waals surface area contributed by atoms with E-state index in [1.54, 1.807) is 30.3 Å². The van der Waals surface area contributed by atoms with Gasteiger partial charge < -0.3 is 4.74 Å². The first-order valence-electron chi connectivity index (χ1n) is 11.1. The van der Waals surface area contributed by atoms with Crippen molar-refractivity contribution in [2.24, 2.45) is 0 Å². The molecule has 0 fully saturated rings. The number of rotatable bonds is 6. The quantitative estimate of drug-likeness (QED) is 0.284. The van der Waals surface area contributed by atoms with Gasteiger partial charge in [0.2, 0.25) is 0 Å². The fraction of sp³-hybridized carbons (Fsp3) is 0.269. The molecule has 0 bridgehead atoms. The van der Waals surface area contributed by atoms with Crippen LogP contribution in [-0.4, -0.2) is 33.9 Å².